The summed E-state index contributed by atoms with van der Waals surface area (Å²) in [6, 6.07) is 13.1. The number of hydrogen-bond donors (Lipinski definition) is 0. The van der Waals surface area contributed by atoms with Crippen LogP contribution in [0.5, 0.6) is 11.5 Å². The molecule has 0 atom stereocenters. The SMILES string of the molecule is COc1cc(OC)cc(C(=O)N2CCN(C(=O)/C=C/c3ccc(C)cc3)CC2)c1. The summed E-state index contributed by atoms with van der Waals surface area (Å²) in [5.41, 5.74) is 2.69. The molecule has 2 aromatic carbocycles. The van der Waals surface area contributed by atoms with Crippen LogP contribution in [0.4, 0.5) is 0 Å². The molecule has 6 nitrogen and oxygen atoms in total. The summed E-state index contributed by atoms with van der Waals surface area (Å²) in [5, 5.41) is 0. The molecule has 1 heterocycles. The fraction of sp³-hybridized carbons (Fsp3) is 0.304. The molecule has 6 heteroatoms. The molecule has 0 aromatic heterocycles. The normalized spacial score (nSPS) is 14.2. The molecule has 0 unspecified atom stereocenters. The molecule has 3 rings (SSSR count). The lowest BCUT2D eigenvalue weighted by Gasteiger charge is -2.34. The second-order valence-electron chi connectivity index (χ2n) is 6.96. The third kappa shape index (κ3) is 5.16. The summed E-state index contributed by atoms with van der Waals surface area (Å²) < 4.78 is 10.5. The van der Waals surface area contributed by atoms with E-state index in [0.29, 0.717) is 43.2 Å². The van der Waals surface area contributed by atoms with Crippen molar-refractivity contribution in [3.05, 3.63) is 65.2 Å². The molecule has 152 valence electrons. The highest BCUT2D eigenvalue weighted by atomic mass is 16.5. The third-order valence-corrected chi connectivity index (χ3v) is 4.97. The summed E-state index contributed by atoms with van der Waals surface area (Å²) in [5.74, 6) is 1.01. The largest absolute Gasteiger partial charge is 0.497 e. The number of ether oxygens (including phenoxy) is 2. The second kappa shape index (κ2) is 9.28. The molecule has 2 amide bonds. The van der Waals surface area contributed by atoms with Gasteiger partial charge in [0, 0.05) is 43.9 Å². The van der Waals surface area contributed by atoms with Crippen molar-refractivity contribution in [3.63, 3.8) is 0 Å². The predicted molar refractivity (Wildman–Crippen MR) is 112 cm³/mol. The average Bonchev–Trinajstić information content (AvgIpc) is 2.77. The molecule has 0 bridgehead atoms. The lowest BCUT2D eigenvalue weighted by Crippen LogP contribution is -2.50. The molecule has 0 spiro atoms. The molecule has 0 radical (unpaired) electrons. The summed E-state index contributed by atoms with van der Waals surface area (Å²) in [7, 11) is 3.11. The van der Waals surface area contributed by atoms with Crippen molar-refractivity contribution in [1.29, 1.82) is 0 Å². The van der Waals surface area contributed by atoms with Crippen LogP contribution in [0.25, 0.3) is 6.08 Å². The Morgan fingerprint density at radius 3 is 1.97 bits per heavy atom. The Morgan fingerprint density at radius 2 is 1.41 bits per heavy atom. The summed E-state index contributed by atoms with van der Waals surface area (Å²) >= 11 is 0. The molecule has 2 aromatic rings. The zero-order chi connectivity index (χ0) is 20.8. The smallest absolute Gasteiger partial charge is 0.254 e. The van der Waals surface area contributed by atoms with Crippen molar-refractivity contribution in [1.82, 2.24) is 9.80 Å². The van der Waals surface area contributed by atoms with Gasteiger partial charge in [0.1, 0.15) is 11.5 Å². The Bertz CT molecular complexity index is 875. The van der Waals surface area contributed by atoms with Crippen LogP contribution in [0.1, 0.15) is 21.5 Å². The number of carbonyl (C=O) groups excluding carboxylic acids is 2. The minimum absolute atomic E-state index is 0.0410. The number of hydrogen-bond acceptors (Lipinski definition) is 4. The first-order valence-electron chi connectivity index (χ1n) is 9.56. The zero-order valence-corrected chi connectivity index (χ0v) is 17.1. The van der Waals surface area contributed by atoms with E-state index in [1.165, 1.54) is 5.56 Å². The van der Waals surface area contributed by atoms with E-state index in [4.69, 9.17) is 9.47 Å². The molecule has 0 N–H and O–H groups in total. The van der Waals surface area contributed by atoms with Gasteiger partial charge in [0.25, 0.3) is 5.91 Å². The summed E-state index contributed by atoms with van der Waals surface area (Å²) in [6.45, 7) is 4.01. The Labute approximate surface area is 171 Å². The number of rotatable bonds is 5. The highest BCUT2D eigenvalue weighted by Crippen LogP contribution is 2.23. The average molecular weight is 394 g/mol. The van der Waals surface area contributed by atoms with Crippen LogP contribution in [0.2, 0.25) is 0 Å². The minimum Gasteiger partial charge on any atom is -0.497 e. The first kappa shape index (κ1) is 20.5. The Morgan fingerprint density at radius 1 is 0.862 bits per heavy atom. The van der Waals surface area contributed by atoms with E-state index in [0.717, 1.165) is 5.56 Å². The van der Waals surface area contributed by atoms with Crippen LogP contribution >= 0.6 is 0 Å². The fourth-order valence-corrected chi connectivity index (χ4v) is 3.19. The molecule has 1 fully saturated rings. The molecule has 29 heavy (non-hydrogen) atoms. The standard InChI is InChI=1S/C23H26N2O4/c1-17-4-6-18(7-5-17)8-9-22(26)24-10-12-25(13-11-24)23(27)19-14-20(28-2)16-21(15-19)29-3/h4-9,14-16H,10-13H2,1-3H3/b9-8+. The number of aryl methyl sites for hydroxylation is 1. The number of nitrogens with zero attached hydrogens (tertiary/aromatic N) is 2. The zero-order valence-electron chi connectivity index (χ0n) is 17.1. The third-order valence-electron chi connectivity index (χ3n) is 4.97. The van der Waals surface area contributed by atoms with Crippen molar-refractivity contribution < 1.29 is 19.1 Å². The molecule has 1 aliphatic rings. The van der Waals surface area contributed by atoms with Crippen LogP contribution in [0.3, 0.4) is 0 Å². The highest BCUT2D eigenvalue weighted by Gasteiger charge is 2.24. The monoisotopic (exact) mass is 394 g/mol. The van der Waals surface area contributed by atoms with Gasteiger partial charge in [-0.1, -0.05) is 29.8 Å². The van der Waals surface area contributed by atoms with Gasteiger partial charge in [-0.25, -0.2) is 0 Å². The molecule has 0 aliphatic carbocycles. The van der Waals surface area contributed by atoms with Crippen LogP contribution < -0.4 is 9.47 Å². The fourth-order valence-electron chi connectivity index (χ4n) is 3.19. The number of piperazine rings is 1. The number of carbonyl (C=O) groups is 2. The van der Waals surface area contributed by atoms with Gasteiger partial charge < -0.3 is 19.3 Å². The molecular formula is C23H26N2O4. The van der Waals surface area contributed by atoms with Crippen LogP contribution in [-0.2, 0) is 4.79 Å². The Kier molecular flexibility index (Phi) is 6.54. The highest BCUT2D eigenvalue weighted by molar-refractivity contribution is 5.96. The van der Waals surface area contributed by atoms with Gasteiger partial charge >= 0.3 is 0 Å². The second-order valence-corrected chi connectivity index (χ2v) is 6.96. The quantitative estimate of drug-likeness (QED) is 0.732. The molecule has 1 aliphatic heterocycles. The number of methoxy groups -OCH3 is 2. The maximum atomic E-state index is 12.8. The van der Waals surface area contributed by atoms with Crippen LogP contribution in [0, 0.1) is 6.92 Å². The maximum Gasteiger partial charge on any atom is 0.254 e. The first-order chi connectivity index (χ1) is 14.0. The minimum atomic E-state index is -0.0931. The van der Waals surface area contributed by atoms with Crippen molar-refractivity contribution in [2.45, 2.75) is 6.92 Å². The van der Waals surface area contributed by atoms with Gasteiger partial charge in [-0.3, -0.25) is 9.59 Å². The number of amides is 2. The van der Waals surface area contributed by atoms with E-state index in [-0.39, 0.29) is 11.8 Å². The van der Waals surface area contributed by atoms with Crippen LogP contribution in [0.15, 0.2) is 48.5 Å². The molecule has 1 saturated heterocycles. The van der Waals surface area contributed by atoms with Crippen molar-refractivity contribution in [2.24, 2.45) is 0 Å². The molecular weight excluding hydrogens is 368 g/mol. The lowest BCUT2D eigenvalue weighted by atomic mass is 10.1. The predicted octanol–water partition coefficient (Wildman–Crippen LogP) is 3.01. The van der Waals surface area contributed by atoms with Gasteiger partial charge in [-0.05, 0) is 30.7 Å². The van der Waals surface area contributed by atoms with Crippen molar-refractivity contribution >= 4 is 17.9 Å². The Hall–Kier alpha value is -3.28. The van der Waals surface area contributed by atoms with E-state index in [2.05, 4.69) is 0 Å². The van der Waals surface area contributed by atoms with Crippen molar-refractivity contribution in [3.8, 4) is 11.5 Å². The maximum absolute atomic E-state index is 12.8. The van der Waals surface area contributed by atoms with Gasteiger partial charge in [-0.2, -0.15) is 0 Å². The van der Waals surface area contributed by atoms with E-state index in [1.807, 2.05) is 37.3 Å². The summed E-state index contributed by atoms with van der Waals surface area (Å²) in [4.78, 5) is 28.8. The summed E-state index contributed by atoms with van der Waals surface area (Å²) in [6.07, 6.45) is 3.41. The van der Waals surface area contributed by atoms with Crippen molar-refractivity contribution in [2.75, 3.05) is 40.4 Å². The molecule has 0 saturated carbocycles. The van der Waals surface area contributed by atoms with E-state index in [9.17, 15) is 9.59 Å². The lowest BCUT2D eigenvalue weighted by molar-refractivity contribution is -0.127. The number of benzene rings is 2. The van der Waals surface area contributed by atoms with E-state index >= 15 is 0 Å². The van der Waals surface area contributed by atoms with Gasteiger partial charge in [0.15, 0.2) is 0 Å². The topological polar surface area (TPSA) is 59.1 Å². The van der Waals surface area contributed by atoms with Crippen LogP contribution in [-0.4, -0.2) is 62.0 Å². The van der Waals surface area contributed by atoms with E-state index < -0.39 is 0 Å². The first-order valence-corrected chi connectivity index (χ1v) is 9.56. The Balaban J connectivity index is 1.59. The van der Waals surface area contributed by atoms with E-state index in [1.54, 1.807) is 48.3 Å². The van der Waals surface area contributed by atoms with Gasteiger partial charge in [-0.15, -0.1) is 0 Å². The van der Waals surface area contributed by atoms with Gasteiger partial charge in [0.05, 0.1) is 14.2 Å². The van der Waals surface area contributed by atoms with Gasteiger partial charge in [0.2, 0.25) is 5.91 Å².